The van der Waals surface area contributed by atoms with E-state index < -0.39 is 0 Å². The molecule has 8 nitrogen and oxygen atoms in total. The molecule has 3 aromatic rings. The summed E-state index contributed by atoms with van der Waals surface area (Å²) in [6.07, 6.45) is 8.04. The van der Waals surface area contributed by atoms with Crippen LogP contribution in [0.25, 0.3) is 0 Å². The van der Waals surface area contributed by atoms with Crippen molar-refractivity contribution in [2.75, 3.05) is 30.8 Å². The van der Waals surface area contributed by atoms with Gasteiger partial charge in [0.25, 0.3) is 5.56 Å². The van der Waals surface area contributed by atoms with Crippen LogP contribution in [0.5, 0.6) is 0 Å². The summed E-state index contributed by atoms with van der Waals surface area (Å²) in [5.74, 6) is 0.716. The summed E-state index contributed by atoms with van der Waals surface area (Å²) in [6, 6.07) is 12.7. The van der Waals surface area contributed by atoms with Crippen LogP contribution in [0, 0.1) is 11.7 Å². The number of ether oxygens (including phenoxy) is 1. The minimum atomic E-state index is -0.386. The number of carbonyl (C=O) groups excluding carboxylic acids is 1. The van der Waals surface area contributed by atoms with Gasteiger partial charge in [-0.2, -0.15) is 0 Å². The lowest BCUT2D eigenvalue weighted by molar-refractivity contribution is 0.111. The Bertz CT molecular complexity index is 1350. The number of hydrogen-bond donors (Lipinski definition) is 2. The van der Waals surface area contributed by atoms with Gasteiger partial charge in [0.15, 0.2) is 0 Å². The number of aromatic nitrogens is 2. The van der Waals surface area contributed by atoms with Crippen LogP contribution in [-0.4, -0.2) is 52.8 Å². The Kier molecular flexibility index (Phi) is 8.47. The van der Waals surface area contributed by atoms with Crippen molar-refractivity contribution in [3.05, 3.63) is 87.7 Å². The quantitative estimate of drug-likeness (QED) is 0.344. The number of carbonyl (C=O) groups is 1. The highest BCUT2D eigenvalue weighted by atomic mass is 35.5. The predicted octanol–water partition coefficient (Wildman–Crippen LogP) is 5.55. The third-order valence-electron chi connectivity index (χ3n) is 7.57. The topological polar surface area (TPSA) is 88.5 Å². The number of methoxy groups -OCH3 is 1. The number of halogens is 2. The molecule has 1 saturated heterocycles. The van der Waals surface area contributed by atoms with E-state index in [4.69, 9.17) is 16.3 Å². The van der Waals surface area contributed by atoms with Crippen LogP contribution >= 0.6 is 11.6 Å². The van der Waals surface area contributed by atoms with E-state index in [-0.39, 0.29) is 35.6 Å². The summed E-state index contributed by atoms with van der Waals surface area (Å²) < 4.78 is 22.2. The molecule has 1 aliphatic carbocycles. The fourth-order valence-corrected chi connectivity index (χ4v) is 5.31. The van der Waals surface area contributed by atoms with Crippen LogP contribution in [0.4, 0.5) is 20.7 Å². The Balaban J connectivity index is 1.31. The lowest BCUT2D eigenvalue weighted by Crippen LogP contribution is -2.42. The lowest BCUT2D eigenvalue weighted by atomic mass is 9.99. The van der Waals surface area contributed by atoms with Gasteiger partial charge in [0.1, 0.15) is 11.6 Å². The molecule has 1 unspecified atom stereocenters. The number of pyridine rings is 2. The highest BCUT2D eigenvalue weighted by molar-refractivity contribution is 6.30. The van der Waals surface area contributed by atoms with E-state index in [2.05, 4.69) is 15.6 Å². The predicted molar refractivity (Wildman–Crippen MR) is 150 cm³/mol. The average molecular weight is 554 g/mol. The zero-order valence-corrected chi connectivity index (χ0v) is 22.6. The van der Waals surface area contributed by atoms with Gasteiger partial charge < -0.3 is 19.5 Å². The largest absolute Gasteiger partial charge is 0.381 e. The second-order valence-corrected chi connectivity index (χ2v) is 10.7. The number of urea groups is 1. The standard InChI is InChI=1S/C29H33ClFN5O3/c1-39-23-15-22(36(18-23)29(38)34-27-12-9-21(30)16-33-27)17-32-25-14-20(8-10-24(25)31)26(11-7-19-5-6-19)35-13-3-2-4-28(35)37/h2-4,8-10,12-14,16,19,22-23,26,32H,5-7,11,15,17-18H2,1H3,(H,33,34,38)/t22-,23-,26?/m1/s1. The van der Waals surface area contributed by atoms with Crippen molar-refractivity contribution in [1.29, 1.82) is 0 Å². The molecule has 2 fully saturated rings. The Labute approximate surface area is 232 Å². The molecule has 206 valence electrons. The molecule has 10 heteroatoms. The maximum absolute atomic E-state index is 15.0. The van der Waals surface area contributed by atoms with E-state index >= 15 is 0 Å². The van der Waals surface area contributed by atoms with E-state index in [9.17, 15) is 14.0 Å². The van der Waals surface area contributed by atoms with E-state index in [0.717, 1.165) is 18.4 Å². The Morgan fingerprint density at radius 2 is 2.08 bits per heavy atom. The smallest absolute Gasteiger partial charge is 0.323 e. The van der Waals surface area contributed by atoms with Crippen LogP contribution in [0.2, 0.25) is 5.02 Å². The molecule has 5 rings (SSSR count). The van der Waals surface area contributed by atoms with Crippen molar-refractivity contribution in [1.82, 2.24) is 14.5 Å². The molecule has 39 heavy (non-hydrogen) atoms. The summed E-state index contributed by atoms with van der Waals surface area (Å²) >= 11 is 5.90. The van der Waals surface area contributed by atoms with Crippen molar-refractivity contribution in [3.63, 3.8) is 0 Å². The van der Waals surface area contributed by atoms with E-state index in [0.29, 0.717) is 42.0 Å². The first-order chi connectivity index (χ1) is 18.9. The number of rotatable bonds is 10. The normalized spacial score (nSPS) is 19.6. The van der Waals surface area contributed by atoms with Gasteiger partial charge in [-0.25, -0.2) is 14.2 Å². The summed E-state index contributed by atoms with van der Waals surface area (Å²) in [5, 5.41) is 6.50. The van der Waals surface area contributed by atoms with E-state index in [1.54, 1.807) is 59.2 Å². The number of hydrogen-bond acceptors (Lipinski definition) is 5. The second-order valence-electron chi connectivity index (χ2n) is 10.3. The van der Waals surface area contributed by atoms with E-state index in [1.165, 1.54) is 25.1 Å². The fraction of sp³-hybridized carbons (Fsp3) is 0.414. The summed E-state index contributed by atoms with van der Waals surface area (Å²) in [7, 11) is 1.62. The number of benzene rings is 1. The highest BCUT2D eigenvalue weighted by Gasteiger charge is 2.35. The Morgan fingerprint density at radius 1 is 1.23 bits per heavy atom. The number of likely N-dealkylation sites (tertiary alicyclic amines) is 1. The van der Waals surface area contributed by atoms with Gasteiger partial charge >= 0.3 is 6.03 Å². The van der Waals surface area contributed by atoms with Gasteiger partial charge in [0.05, 0.1) is 28.9 Å². The third kappa shape index (κ3) is 6.78. The second kappa shape index (κ2) is 12.2. The molecule has 2 aliphatic rings. The minimum Gasteiger partial charge on any atom is -0.381 e. The average Bonchev–Trinajstić information content (AvgIpc) is 3.67. The van der Waals surface area contributed by atoms with Gasteiger partial charge in [-0.1, -0.05) is 36.6 Å². The zero-order valence-electron chi connectivity index (χ0n) is 21.9. The van der Waals surface area contributed by atoms with Crippen molar-refractivity contribution in [3.8, 4) is 0 Å². The molecular weight excluding hydrogens is 521 g/mol. The SMILES string of the molecule is CO[C@@H]1C[C@H](CNc2cc(C(CCC3CC3)n3ccccc3=O)ccc2F)N(C(=O)Nc2ccc(Cl)cn2)C1. The van der Waals surface area contributed by atoms with Gasteiger partial charge in [0, 0.05) is 38.7 Å². The molecule has 1 aliphatic heterocycles. The van der Waals surface area contributed by atoms with Crippen LogP contribution in [-0.2, 0) is 4.74 Å². The van der Waals surface area contributed by atoms with Crippen LogP contribution in [0.1, 0.15) is 43.7 Å². The molecule has 2 N–H and O–H groups in total. The van der Waals surface area contributed by atoms with Crippen molar-refractivity contribution in [2.45, 2.75) is 50.3 Å². The molecule has 0 spiro atoms. The monoisotopic (exact) mass is 553 g/mol. The van der Waals surface area contributed by atoms with Gasteiger partial charge in [-0.05, 0) is 61.1 Å². The van der Waals surface area contributed by atoms with Crippen molar-refractivity contribution in [2.24, 2.45) is 5.92 Å². The summed E-state index contributed by atoms with van der Waals surface area (Å²) in [5.41, 5.74) is 1.14. The van der Waals surface area contributed by atoms with Gasteiger partial charge in [0.2, 0.25) is 0 Å². The maximum atomic E-state index is 15.0. The minimum absolute atomic E-state index is 0.0782. The number of nitrogens with one attached hydrogen (secondary N) is 2. The first-order valence-corrected chi connectivity index (χ1v) is 13.7. The fourth-order valence-electron chi connectivity index (χ4n) is 5.19. The summed E-state index contributed by atoms with van der Waals surface area (Å²) in [6.45, 7) is 0.741. The van der Waals surface area contributed by atoms with Crippen molar-refractivity contribution < 1.29 is 13.9 Å². The molecule has 0 bridgehead atoms. The van der Waals surface area contributed by atoms with Gasteiger partial charge in [-0.3, -0.25) is 10.1 Å². The van der Waals surface area contributed by atoms with Crippen LogP contribution < -0.4 is 16.2 Å². The van der Waals surface area contributed by atoms with Crippen LogP contribution in [0.3, 0.4) is 0 Å². The highest BCUT2D eigenvalue weighted by Crippen LogP contribution is 2.37. The number of nitrogens with zero attached hydrogens (tertiary/aromatic N) is 3. The van der Waals surface area contributed by atoms with E-state index in [1.807, 2.05) is 6.07 Å². The molecule has 3 atom stereocenters. The molecule has 0 radical (unpaired) electrons. The first-order valence-electron chi connectivity index (χ1n) is 13.3. The van der Waals surface area contributed by atoms with Crippen molar-refractivity contribution >= 4 is 29.1 Å². The number of anilines is 2. The molecule has 2 aromatic heterocycles. The maximum Gasteiger partial charge on any atom is 0.323 e. The third-order valence-corrected chi connectivity index (χ3v) is 7.79. The lowest BCUT2D eigenvalue weighted by Gasteiger charge is -2.26. The molecule has 1 saturated carbocycles. The molecule has 1 aromatic carbocycles. The molecular formula is C29H33ClFN5O3. The molecule has 2 amide bonds. The Hall–Kier alpha value is -3.43. The zero-order chi connectivity index (χ0) is 27.4. The molecule has 3 heterocycles. The summed E-state index contributed by atoms with van der Waals surface area (Å²) in [4.78, 5) is 31.5. The first kappa shape index (κ1) is 27.1. The van der Waals surface area contributed by atoms with Crippen LogP contribution in [0.15, 0.2) is 65.7 Å². The van der Waals surface area contributed by atoms with Gasteiger partial charge in [-0.15, -0.1) is 0 Å². The Morgan fingerprint density at radius 3 is 2.79 bits per heavy atom. The number of amides is 2.